The molecule has 0 atom stereocenters. The van der Waals surface area contributed by atoms with Crippen LogP contribution in [0.5, 0.6) is 5.75 Å². The minimum atomic E-state index is -3.78. The Kier molecular flexibility index (Phi) is 9.23. The molecular weight excluding hydrogens is 524 g/mol. The van der Waals surface area contributed by atoms with Gasteiger partial charge in [0.05, 0.1) is 15.6 Å². The lowest BCUT2D eigenvalue weighted by Crippen LogP contribution is -2.45. The Morgan fingerprint density at radius 3 is 2.32 bits per heavy atom. The highest BCUT2D eigenvalue weighted by molar-refractivity contribution is 7.89. The van der Waals surface area contributed by atoms with E-state index >= 15 is 0 Å². The number of rotatable bonds is 9. The van der Waals surface area contributed by atoms with Gasteiger partial charge >= 0.3 is 0 Å². The molecule has 0 radical (unpaired) electrons. The summed E-state index contributed by atoms with van der Waals surface area (Å²) in [4.78, 5) is 17.5. The second kappa shape index (κ2) is 12.2. The Hall–Kier alpha value is -2.33. The van der Waals surface area contributed by atoms with Crippen LogP contribution in [0.15, 0.2) is 35.2 Å². The van der Waals surface area contributed by atoms with Crippen LogP contribution >= 0.6 is 11.6 Å². The number of carbonyl (C=O) groups is 1. The van der Waals surface area contributed by atoms with Crippen molar-refractivity contribution in [3.05, 3.63) is 52.0 Å². The molecule has 0 aliphatic carbocycles. The summed E-state index contributed by atoms with van der Waals surface area (Å²) in [5.41, 5.74) is 3.23. The molecule has 2 aromatic rings. The molecule has 0 bridgehead atoms. The highest BCUT2D eigenvalue weighted by Crippen LogP contribution is 2.30. The van der Waals surface area contributed by atoms with Crippen LogP contribution in [0.4, 0.5) is 5.69 Å². The first-order valence-electron chi connectivity index (χ1n) is 13.4. The summed E-state index contributed by atoms with van der Waals surface area (Å²) in [6, 6.07) is 9.27. The fraction of sp³-hybridized carbons (Fsp3) is 0.536. The van der Waals surface area contributed by atoms with Gasteiger partial charge in [-0.05, 0) is 93.6 Å². The maximum Gasteiger partial charge on any atom is 0.243 e. The Morgan fingerprint density at radius 1 is 1.08 bits per heavy atom. The number of carbonyl (C=O) groups excluding carboxylic acids is 1. The van der Waals surface area contributed by atoms with Gasteiger partial charge in [0.15, 0.2) is 0 Å². The van der Waals surface area contributed by atoms with E-state index in [1.165, 1.54) is 41.9 Å². The smallest absolute Gasteiger partial charge is 0.243 e. The van der Waals surface area contributed by atoms with Gasteiger partial charge in [-0.25, -0.2) is 12.7 Å². The van der Waals surface area contributed by atoms with Gasteiger partial charge < -0.3 is 15.3 Å². The van der Waals surface area contributed by atoms with E-state index in [1.807, 2.05) is 0 Å². The number of halogens is 1. The van der Waals surface area contributed by atoms with Crippen molar-refractivity contribution < 1.29 is 18.3 Å². The van der Waals surface area contributed by atoms with Gasteiger partial charge in [0.1, 0.15) is 5.75 Å². The van der Waals surface area contributed by atoms with E-state index in [2.05, 4.69) is 33.3 Å². The lowest BCUT2D eigenvalue weighted by atomic mass is 10.0. The fourth-order valence-electron chi connectivity index (χ4n) is 5.54. The molecule has 2 aromatic carbocycles. The van der Waals surface area contributed by atoms with Crippen molar-refractivity contribution in [1.82, 2.24) is 14.5 Å². The van der Waals surface area contributed by atoms with Crippen molar-refractivity contribution in [2.24, 2.45) is 0 Å². The first kappa shape index (κ1) is 28.7. The average molecular weight is 563 g/mol. The zero-order valence-electron chi connectivity index (χ0n) is 22.5. The second-order valence-corrected chi connectivity index (χ2v) is 13.0. The van der Waals surface area contributed by atoms with Crippen molar-refractivity contribution in [1.29, 1.82) is 0 Å². The zero-order chi connectivity index (χ0) is 27.4. The van der Waals surface area contributed by atoms with E-state index in [-0.39, 0.29) is 35.6 Å². The maximum atomic E-state index is 13.1. The third-order valence-corrected chi connectivity index (χ3v) is 10.1. The van der Waals surface area contributed by atoms with Gasteiger partial charge in [-0.3, -0.25) is 9.69 Å². The molecule has 2 saturated heterocycles. The third kappa shape index (κ3) is 6.81. The minimum absolute atomic E-state index is 0.0313. The first-order valence-corrected chi connectivity index (χ1v) is 15.2. The van der Waals surface area contributed by atoms with E-state index in [9.17, 15) is 18.3 Å². The number of piperidine rings is 1. The summed E-state index contributed by atoms with van der Waals surface area (Å²) in [6.45, 7) is 8.23. The van der Waals surface area contributed by atoms with Crippen molar-refractivity contribution in [3.63, 3.8) is 0 Å². The number of aromatic hydroxyl groups is 1. The van der Waals surface area contributed by atoms with Crippen LogP contribution in [0.1, 0.15) is 48.8 Å². The number of phenolic OH excluding ortho intramolecular Hbond substituents is 1. The lowest BCUT2D eigenvalue weighted by molar-refractivity contribution is -0.122. The molecule has 1 amide bonds. The number of nitrogens with one attached hydrogen (secondary N) is 1. The monoisotopic (exact) mass is 562 g/mol. The Morgan fingerprint density at radius 2 is 1.71 bits per heavy atom. The van der Waals surface area contributed by atoms with Gasteiger partial charge in [-0.1, -0.05) is 17.7 Å². The maximum absolute atomic E-state index is 13.1. The number of amides is 1. The Balaban J connectivity index is 1.25. The summed E-state index contributed by atoms with van der Waals surface area (Å²) in [5.74, 6) is -0.127. The summed E-state index contributed by atoms with van der Waals surface area (Å²) in [5, 5.41) is 13.6. The van der Waals surface area contributed by atoms with E-state index in [0.717, 1.165) is 56.3 Å². The molecule has 2 fully saturated rings. The van der Waals surface area contributed by atoms with Gasteiger partial charge in [0.2, 0.25) is 15.9 Å². The van der Waals surface area contributed by atoms with Crippen molar-refractivity contribution >= 4 is 33.2 Å². The average Bonchev–Trinajstić information content (AvgIpc) is 3.35. The number of nitrogens with zero attached hydrogens (tertiary/aromatic N) is 3. The van der Waals surface area contributed by atoms with Crippen LogP contribution in [-0.4, -0.2) is 74.4 Å². The van der Waals surface area contributed by atoms with Gasteiger partial charge in [0.25, 0.3) is 0 Å². The number of hydrogen-bond donors (Lipinski definition) is 2. The molecule has 8 nitrogen and oxygen atoms in total. The summed E-state index contributed by atoms with van der Waals surface area (Å²) >= 11 is 6.65. The predicted molar refractivity (Wildman–Crippen MR) is 151 cm³/mol. The molecule has 0 aromatic heterocycles. The van der Waals surface area contributed by atoms with Crippen LogP contribution in [0, 0.1) is 13.8 Å². The van der Waals surface area contributed by atoms with E-state index < -0.39 is 10.0 Å². The van der Waals surface area contributed by atoms with Gasteiger partial charge in [-0.2, -0.15) is 0 Å². The number of benzene rings is 2. The minimum Gasteiger partial charge on any atom is -0.508 e. The number of sulfonamides is 1. The van der Waals surface area contributed by atoms with Crippen molar-refractivity contribution in [2.45, 2.75) is 63.4 Å². The SMILES string of the molecule is Cc1cc(O)cc(C)c1S(=O)(=O)N(C)CCC(=O)NC1CCN(c2ccc(CN3CCCC3)cc2Cl)CC1. The quantitative estimate of drug-likeness (QED) is 0.479. The fourth-order valence-corrected chi connectivity index (χ4v) is 7.44. The predicted octanol–water partition coefficient (Wildman–Crippen LogP) is 4.05. The molecule has 0 spiro atoms. The number of likely N-dealkylation sites (tertiary alicyclic amines) is 1. The molecule has 4 rings (SSSR count). The van der Waals surface area contributed by atoms with Gasteiger partial charge in [-0.15, -0.1) is 0 Å². The van der Waals surface area contributed by atoms with E-state index in [0.29, 0.717) is 11.1 Å². The molecular formula is C28H39ClN4O4S. The number of anilines is 1. The molecule has 0 unspecified atom stereocenters. The molecule has 38 heavy (non-hydrogen) atoms. The molecule has 10 heteroatoms. The summed E-state index contributed by atoms with van der Waals surface area (Å²) < 4.78 is 27.4. The Bertz CT molecular complexity index is 1230. The molecule has 208 valence electrons. The van der Waals surface area contributed by atoms with Crippen LogP contribution in [-0.2, 0) is 21.4 Å². The molecule has 2 aliphatic rings. The molecule has 2 aliphatic heterocycles. The summed E-state index contributed by atoms with van der Waals surface area (Å²) in [7, 11) is -2.30. The topological polar surface area (TPSA) is 93.2 Å². The largest absolute Gasteiger partial charge is 0.508 e. The number of aryl methyl sites for hydroxylation is 2. The summed E-state index contributed by atoms with van der Waals surface area (Å²) in [6.07, 6.45) is 4.23. The first-order chi connectivity index (χ1) is 18.0. The molecule has 2 heterocycles. The van der Waals surface area contributed by atoms with Crippen LogP contribution in [0.3, 0.4) is 0 Å². The van der Waals surface area contributed by atoms with E-state index in [1.54, 1.807) is 13.8 Å². The highest BCUT2D eigenvalue weighted by atomic mass is 35.5. The number of hydrogen-bond acceptors (Lipinski definition) is 6. The second-order valence-electron chi connectivity index (χ2n) is 10.6. The van der Waals surface area contributed by atoms with Crippen LogP contribution in [0.25, 0.3) is 0 Å². The third-order valence-electron chi connectivity index (χ3n) is 7.58. The molecule has 2 N–H and O–H groups in total. The zero-order valence-corrected chi connectivity index (χ0v) is 24.1. The van der Waals surface area contributed by atoms with Crippen molar-refractivity contribution in [2.75, 3.05) is 44.7 Å². The van der Waals surface area contributed by atoms with E-state index in [4.69, 9.17) is 11.6 Å². The van der Waals surface area contributed by atoms with Crippen molar-refractivity contribution in [3.8, 4) is 5.75 Å². The Labute approximate surface area is 231 Å². The lowest BCUT2D eigenvalue weighted by Gasteiger charge is -2.34. The number of phenols is 1. The van der Waals surface area contributed by atoms with Crippen LogP contribution < -0.4 is 10.2 Å². The standard InChI is InChI=1S/C28H39ClN4O4S/c1-20-16-24(34)17-21(2)28(20)38(36,37)31(3)13-10-27(35)30-23-8-14-33(15-9-23)26-7-6-22(18-25(26)29)19-32-11-4-5-12-32/h6-7,16-18,23,34H,4-5,8-15,19H2,1-3H3,(H,30,35). The highest BCUT2D eigenvalue weighted by Gasteiger charge is 2.27. The van der Waals surface area contributed by atoms with Gasteiger partial charge in [0, 0.05) is 45.7 Å². The molecule has 0 saturated carbocycles. The van der Waals surface area contributed by atoms with Crippen LogP contribution in [0.2, 0.25) is 5.02 Å². The normalized spacial score (nSPS) is 17.3.